The van der Waals surface area contributed by atoms with E-state index in [-0.39, 0.29) is 11.7 Å². The Hall–Kier alpha value is -2.93. The quantitative estimate of drug-likeness (QED) is 0.669. The number of anilines is 1. The van der Waals surface area contributed by atoms with Crippen LogP contribution in [0.5, 0.6) is 11.5 Å². The second kappa shape index (κ2) is 8.18. The van der Waals surface area contributed by atoms with E-state index in [4.69, 9.17) is 9.47 Å². The largest absolute Gasteiger partial charge is 0.494 e. The topological polar surface area (TPSA) is 60.5 Å². The third-order valence-corrected chi connectivity index (χ3v) is 4.61. The highest BCUT2D eigenvalue weighted by molar-refractivity contribution is 7.14. The molecule has 7 heteroatoms. The summed E-state index contributed by atoms with van der Waals surface area (Å²) < 4.78 is 24.4. The van der Waals surface area contributed by atoms with Crippen molar-refractivity contribution >= 4 is 22.4 Å². The standard InChI is InChI=1S/C20H19FN2O3S/c1-12-5-4-6-15(9-12)26-13(2)19(24)23-20-22-17(11-27-20)14-7-8-18(25-3)16(21)10-14/h4-11,13H,1-3H3,(H,22,23,24)/t13-/m0/s1. The lowest BCUT2D eigenvalue weighted by molar-refractivity contribution is -0.122. The Labute approximate surface area is 160 Å². The molecule has 27 heavy (non-hydrogen) atoms. The van der Waals surface area contributed by atoms with Crippen LogP contribution in [0.15, 0.2) is 47.8 Å². The number of hydrogen-bond donors (Lipinski definition) is 1. The first-order valence-electron chi connectivity index (χ1n) is 8.30. The Morgan fingerprint density at radius 1 is 1.26 bits per heavy atom. The zero-order valence-corrected chi connectivity index (χ0v) is 16.0. The molecule has 3 aromatic rings. The smallest absolute Gasteiger partial charge is 0.266 e. The van der Waals surface area contributed by atoms with Crippen LogP contribution in [0, 0.1) is 12.7 Å². The highest BCUT2D eigenvalue weighted by Gasteiger charge is 2.17. The molecule has 0 unspecified atom stereocenters. The molecule has 3 rings (SSSR count). The first kappa shape index (κ1) is 18.8. The highest BCUT2D eigenvalue weighted by atomic mass is 32.1. The van der Waals surface area contributed by atoms with Gasteiger partial charge in [0, 0.05) is 10.9 Å². The van der Waals surface area contributed by atoms with E-state index in [2.05, 4.69) is 10.3 Å². The third-order valence-electron chi connectivity index (χ3n) is 3.85. The van der Waals surface area contributed by atoms with E-state index in [0.29, 0.717) is 22.1 Å². The van der Waals surface area contributed by atoms with Crippen LogP contribution in [0.3, 0.4) is 0 Å². The van der Waals surface area contributed by atoms with E-state index in [1.54, 1.807) is 30.5 Å². The summed E-state index contributed by atoms with van der Waals surface area (Å²) >= 11 is 1.26. The number of rotatable bonds is 6. The van der Waals surface area contributed by atoms with E-state index in [0.717, 1.165) is 5.56 Å². The number of nitrogens with zero attached hydrogens (tertiary/aromatic N) is 1. The van der Waals surface area contributed by atoms with E-state index in [1.165, 1.54) is 24.5 Å². The number of nitrogens with one attached hydrogen (secondary N) is 1. The van der Waals surface area contributed by atoms with Gasteiger partial charge in [0.15, 0.2) is 22.8 Å². The van der Waals surface area contributed by atoms with Gasteiger partial charge in [-0.05, 0) is 49.7 Å². The summed E-state index contributed by atoms with van der Waals surface area (Å²) in [4.78, 5) is 16.7. The average Bonchev–Trinajstić information content (AvgIpc) is 3.10. The van der Waals surface area contributed by atoms with Crippen LogP contribution in [0.1, 0.15) is 12.5 Å². The molecule has 0 aliphatic rings. The van der Waals surface area contributed by atoms with Crippen molar-refractivity contribution in [1.82, 2.24) is 4.98 Å². The number of amides is 1. The second-order valence-corrected chi connectivity index (χ2v) is 6.81. The van der Waals surface area contributed by atoms with Crippen LogP contribution in [-0.2, 0) is 4.79 Å². The fourth-order valence-corrected chi connectivity index (χ4v) is 3.17. The molecule has 0 radical (unpaired) electrons. The summed E-state index contributed by atoms with van der Waals surface area (Å²) in [7, 11) is 1.41. The Kier molecular flexibility index (Phi) is 5.71. The Balaban J connectivity index is 1.66. The van der Waals surface area contributed by atoms with Gasteiger partial charge in [-0.15, -0.1) is 11.3 Å². The number of carbonyl (C=O) groups is 1. The van der Waals surface area contributed by atoms with Crippen molar-refractivity contribution in [1.29, 1.82) is 0 Å². The van der Waals surface area contributed by atoms with Crippen molar-refractivity contribution in [3.63, 3.8) is 0 Å². The number of hydrogen-bond acceptors (Lipinski definition) is 5. The second-order valence-electron chi connectivity index (χ2n) is 5.95. The zero-order chi connectivity index (χ0) is 19.4. The monoisotopic (exact) mass is 386 g/mol. The number of aromatic nitrogens is 1. The van der Waals surface area contributed by atoms with Crippen molar-refractivity contribution in [3.8, 4) is 22.8 Å². The van der Waals surface area contributed by atoms with Crippen molar-refractivity contribution in [3.05, 3.63) is 59.2 Å². The molecule has 1 atom stereocenters. The summed E-state index contributed by atoms with van der Waals surface area (Å²) in [6.45, 7) is 3.63. The summed E-state index contributed by atoms with van der Waals surface area (Å²) in [6, 6.07) is 12.1. The molecule has 1 amide bonds. The molecule has 5 nitrogen and oxygen atoms in total. The summed E-state index contributed by atoms with van der Waals surface area (Å²) in [5.41, 5.74) is 2.23. The molecule has 0 aliphatic heterocycles. The first-order chi connectivity index (χ1) is 13.0. The van der Waals surface area contributed by atoms with Gasteiger partial charge in [-0.1, -0.05) is 12.1 Å². The predicted octanol–water partition coefficient (Wildman–Crippen LogP) is 4.67. The van der Waals surface area contributed by atoms with E-state index < -0.39 is 11.9 Å². The lowest BCUT2D eigenvalue weighted by atomic mass is 10.1. The van der Waals surface area contributed by atoms with Gasteiger partial charge in [-0.2, -0.15) is 0 Å². The Morgan fingerprint density at radius 2 is 2.07 bits per heavy atom. The average molecular weight is 386 g/mol. The molecule has 0 saturated carbocycles. The van der Waals surface area contributed by atoms with Crippen molar-refractivity contribution in [2.45, 2.75) is 20.0 Å². The van der Waals surface area contributed by atoms with Crippen molar-refractivity contribution in [2.75, 3.05) is 12.4 Å². The van der Waals surface area contributed by atoms with Gasteiger partial charge >= 0.3 is 0 Å². The molecule has 0 saturated heterocycles. The number of aryl methyl sites for hydroxylation is 1. The molecule has 0 bridgehead atoms. The van der Waals surface area contributed by atoms with Crippen LogP contribution in [0.2, 0.25) is 0 Å². The number of methoxy groups -OCH3 is 1. The molecular weight excluding hydrogens is 367 g/mol. The number of ether oxygens (including phenoxy) is 2. The Bertz CT molecular complexity index is 958. The van der Waals surface area contributed by atoms with Gasteiger partial charge < -0.3 is 9.47 Å². The van der Waals surface area contributed by atoms with Crippen LogP contribution < -0.4 is 14.8 Å². The summed E-state index contributed by atoms with van der Waals surface area (Å²) in [5, 5.41) is 4.90. The third kappa shape index (κ3) is 4.62. The maximum Gasteiger partial charge on any atom is 0.266 e. The molecular formula is C20H19FN2O3S. The first-order valence-corrected chi connectivity index (χ1v) is 9.18. The molecule has 0 aliphatic carbocycles. The highest BCUT2D eigenvalue weighted by Crippen LogP contribution is 2.28. The predicted molar refractivity (Wildman–Crippen MR) is 104 cm³/mol. The maximum atomic E-state index is 13.9. The van der Waals surface area contributed by atoms with Crippen molar-refractivity contribution < 1.29 is 18.7 Å². The van der Waals surface area contributed by atoms with Crippen molar-refractivity contribution in [2.24, 2.45) is 0 Å². The fraction of sp³-hybridized carbons (Fsp3) is 0.200. The zero-order valence-electron chi connectivity index (χ0n) is 15.2. The van der Waals surface area contributed by atoms with Gasteiger partial charge in [0.05, 0.1) is 12.8 Å². The van der Waals surface area contributed by atoms with Gasteiger partial charge in [0.2, 0.25) is 0 Å². The Morgan fingerprint density at radius 3 is 2.78 bits per heavy atom. The lowest BCUT2D eigenvalue weighted by Crippen LogP contribution is -2.30. The fourth-order valence-electron chi connectivity index (χ4n) is 2.44. The van der Waals surface area contributed by atoms with Crippen LogP contribution >= 0.6 is 11.3 Å². The SMILES string of the molecule is COc1ccc(-c2csc(NC(=O)[C@H](C)Oc3cccc(C)c3)n2)cc1F. The number of benzene rings is 2. The number of thiazole rings is 1. The number of halogens is 1. The minimum Gasteiger partial charge on any atom is -0.494 e. The van der Waals surface area contributed by atoms with Crippen LogP contribution in [-0.4, -0.2) is 24.1 Å². The molecule has 2 aromatic carbocycles. The minimum atomic E-state index is -0.683. The van der Waals surface area contributed by atoms with Crippen LogP contribution in [0.25, 0.3) is 11.3 Å². The molecule has 1 heterocycles. The lowest BCUT2D eigenvalue weighted by Gasteiger charge is -2.14. The normalized spacial score (nSPS) is 11.7. The van der Waals surface area contributed by atoms with Gasteiger partial charge in [0.1, 0.15) is 5.75 Å². The van der Waals surface area contributed by atoms with Gasteiger partial charge in [-0.25, -0.2) is 9.37 Å². The maximum absolute atomic E-state index is 13.9. The molecule has 0 spiro atoms. The van der Waals surface area contributed by atoms with E-state index in [1.807, 2.05) is 25.1 Å². The summed E-state index contributed by atoms with van der Waals surface area (Å²) in [6.07, 6.45) is -0.683. The van der Waals surface area contributed by atoms with Gasteiger partial charge in [0.25, 0.3) is 5.91 Å². The number of carbonyl (C=O) groups excluding carboxylic acids is 1. The van der Waals surface area contributed by atoms with Crippen LogP contribution in [0.4, 0.5) is 9.52 Å². The molecule has 0 fully saturated rings. The molecule has 140 valence electrons. The van der Waals surface area contributed by atoms with Gasteiger partial charge in [-0.3, -0.25) is 10.1 Å². The molecule has 1 N–H and O–H groups in total. The molecule has 1 aromatic heterocycles. The van der Waals surface area contributed by atoms with E-state index in [9.17, 15) is 9.18 Å². The summed E-state index contributed by atoms with van der Waals surface area (Å²) in [5.74, 6) is 0.0305. The minimum absolute atomic E-state index is 0.171. The van der Waals surface area contributed by atoms with E-state index >= 15 is 0 Å².